The van der Waals surface area contributed by atoms with Crippen LogP contribution in [0.25, 0.3) is 16.9 Å². The SMILES string of the molecule is CC(=O)Nc1ccc(-c2csc(NC(=O)c3cc(C4CC4)nn3-c3ccccc3)n2)cc1. The smallest absolute Gasteiger partial charge is 0.276 e. The van der Waals surface area contributed by atoms with Crippen LogP contribution in [0.15, 0.2) is 66.0 Å². The first-order valence-electron chi connectivity index (χ1n) is 10.4. The van der Waals surface area contributed by atoms with Crippen LogP contribution in [0.2, 0.25) is 0 Å². The number of aromatic nitrogens is 3. The van der Waals surface area contributed by atoms with Gasteiger partial charge < -0.3 is 5.32 Å². The number of hydrogen-bond donors (Lipinski definition) is 2. The summed E-state index contributed by atoms with van der Waals surface area (Å²) in [6.07, 6.45) is 2.23. The van der Waals surface area contributed by atoms with Crippen molar-refractivity contribution in [2.24, 2.45) is 0 Å². The molecule has 1 fully saturated rings. The molecule has 0 radical (unpaired) electrons. The fraction of sp³-hybridized carbons (Fsp3) is 0.167. The maximum atomic E-state index is 13.1. The maximum absolute atomic E-state index is 13.1. The second kappa shape index (κ2) is 8.39. The topological polar surface area (TPSA) is 88.9 Å². The summed E-state index contributed by atoms with van der Waals surface area (Å²) in [5.41, 5.74) is 4.69. The van der Waals surface area contributed by atoms with Gasteiger partial charge in [0.1, 0.15) is 5.69 Å². The van der Waals surface area contributed by atoms with Crippen molar-refractivity contribution in [1.82, 2.24) is 14.8 Å². The number of hydrogen-bond acceptors (Lipinski definition) is 5. The molecule has 5 rings (SSSR count). The molecular formula is C24H21N5O2S. The molecule has 4 aromatic rings. The van der Waals surface area contributed by atoms with Crippen molar-refractivity contribution in [2.75, 3.05) is 10.6 Å². The standard InChI is InChI=1S/C24H21N5O2S/c1-15(30)25-18-11-9-17(10-12-18)21-14-32-24(26-21)27-23(31)22-13-20(16-7-8-16)28-29(22)19-5-3-2-4-6-19/h2-6,9-14,16H,7-8H2,1H3,(H,25,30)(H,26,27,31). The van der Waals surface area contributed by atoms with E-state index in [0.29, 0.717) is 16.7 Å². The fourth-order valence-electron chi connectivity index (χ4n) is 3.46. The van der Waals surface area contributed by atoms with Gasteiger partial charge in [-0.1, -0.05) is 30.3 Å². The number of thiazole rings is 1. The normalized spacial score (nSPS) is 13.0. The van der Waals surface area contributed by atoms with E-state index in [9.17, 15) is 9.59 Å². The molecular weight excluding hydrogens is 422 g/mol. The summed E-state index contributed by atoms with van der Waals surface area (Å²) >= 11 is 1.37. The van der Waals surface area contributed by atoms with Gasteiger partial charge in [-0.2, -0.15) is 5.10 Å². The summed E-state index contributed by atoms with van der Waals surface area (Å²) in [6.45, 7) is 1.47. The molecule has 2 aromatic carbocycles. The Kier molecular flexibility index (Phi) is 5.28. The highest BCUT2D eigenvalue weighted by atomic mass is 32.1. The Bertz CT molecular complexity index is 1270. The molecule has 1 saturated carbocycles. The zero-order valence-corrected chi connectivity index (χ0v) is 18.2. The lowest BCUT2D eigenvalue weighted by Crippen LogP contribution is -2.16. The van der Waals surface area contributed by atoms with E-state index in [2.05, 4.69) is 15.6 Å². The molecule has 1 aliphatic carbocycles. The van der Waals surface area contributed by atoms with Crippen LogP contribution in [0, 0.1) is 0 Å². The van der Waals surface area contributed by atoms with Crippen LogP contribution in [0.5, 0.6) is 0 Å². The number of carbonyl (C=O) groups excluding carboxylic acids is 2. The number of nitrogens with zero attached hydrogens (tertiary/aromatic N) is 3. The number of amides is 2. The Labute approximate surface area is 189 Å². The minimum atomic E-state index is -0.241. The fourth-order valence-corrected chi connectivity index (χ4v) is 4.17. The van der Waals surface area contributed by atoms with Gasteiger partial charge in [-0.3, -0.25) is 14.9 Å². The van der Waals surface area contributed by atoms with Crippen molar-refractivity contribution in [3.8, 4) is 16.9 Å². The first-order chi connectivity index (χ1) is 15.6. The van der Waals surface area contributed by atoms with Gasteiger partial charge in [0, 0.05) is 29.5 Å². The van der Waals surface area contributed by atoms with E-state index in [0.717, 1.165) is 41.2 Å². The molecule has 160 valence electrons. The van der Waals surface area contributed by atoms with E-state index < -0.39 is 0 Å². The van der Waals surface area contributed by atoms with E-state index in [1.807, 2.05) is 66.0 Å². The average molecular weight is 444 g/mol. The summed E-state index contributed by atoms with van der Waals surface area (Å²) in [7, 11) is 0. The minimum Gasteiger partial charge on any atom is -0.326 e. The van der Waals surface area contributed by atoms with Gasteiger partial charge in [-0.15, -0.1) is 11.3 Å². The second-order valence-electron chi connectivity index (χ2n) is 7.73. The van der Waals surface area contributed by atoms with Gasteiger partial charge in [-0.25, -0.2) is 9.67 Å². The van der Waals surface area contributed by atoms with E-state index in [4.69, 9.17) is 5.10 Å². The van der Waals surface area contributed by atoms with E-state index in [-0.39, 0.29) is 11.8 Å². The van der Waals surface area contributed by atoms with Crippen molar-refractivity contribution in [2.45, 2.75) is 25.7 Å². The molecule has 0 atom stereocenters. The zero-order chi connectivity index (χ0) is 22.1. The molecule has 0 saturated heterocycles. The maximum Gasteiger partial charge on any atom is 0.276 e. The van der Waals surface area contributed by atoms with Crippen molar-refractivity contribution < 1.29 is 9.59 Å². The highest BCUT2D eigenvalue weighted by Crippen LogP contribution is 2.40. The lowest BCUT2D eigenvalue weighted by atomic mass is 10.1. The Balaban J connectivity index is 1.36. The molecule has 0 unspecified atom stereocenters. The number of carbonyl (C=O) groups is 2. The predicted molar refractivity (Wildman–Crippen MR) is 125 cm³/mol. The second-order valence-corrected chi connectivity index (χ2v) is 8.58. The van der Waals surface area contributed by atoms with Crippen LogP contribution in [-0.4, -0.2) is 26.6 Å². The molecule has 0 aliphatic heterocycles. The third-order valence-corrected chi connectivity index (χ3v) is 5.94. The van der Waals surface area contributed by atoms with Crippen molar-refractivity contribution in [3.63, 3.8) is 0 Å². The van der Waals surface area contributed by atoms with Crippen LogP contribution in [-0.2, 0) is 4.79 Å². The number of rotatable bonds is 6. The number of benzene rings is 2. The minimum absolute atomic E-state index is 0.115. The number of anilines is 2. The third kappa shape index (κ3) is 4.31. The van der Waals surface area contributed by atoms with Gasteiger partial charge in [0.2, 0.25) is 5.91 Å². The largest absolute Gasteiger partial charge is 0.326 e. The van der Waals surface area contributed by atoms with E-state index in [1.54, 1.807) is 4.68 Å². The summed E-state index contributed by atoms with van der Waals surface area (Å²) in [4.78, 5) is 28.9. The first-order valence-corrected chi connectivity index (χ1v) is 11.2. The quantitative estimate of drug-likeness (QED) is 0.435. The number of nitrogens with one attached hydrogen (secondary N) is 2. The Morgan fingerprint density at radius 3 is 2.47 bits per heavy atom. The molecule has 0 bridgehead atoms. The molecule has 2 amide bonds. The highest BCUT2D eigenvalue weighted by molar-refractivity contribution is 7.14. The summed E-state index contributed by atoms with van der Waals surface area (Å²) in [5.74, 6) is 0.0876. The molecule has 7 nitrogen and oxygen atoms in total. The van der Waals surface area contributed by atoms with Gasteiger partial charge in [-0.05, 0) is 43.2 Å². The van der Waals surface area contributed by atoms with Gasteiger partial charge >= 0.3 is 0 Å². The molecule has 8 heteroatoms. The van der Waals surface area contributed by atoms with Gasteiger partial charge in [0.25, 0.3) is 5.91 Å². The van der Waals surface area contributed by atoms with Crippen molar-refractivity contribution >= 4 is 34.0 Å². The molecule has 2 N–H and O–H groups in total. The molecule has 0 spiro atoms. The van der Waals surface area contributed by atoms with Gasteiger partial charge in [0.15, 0.2) is 5.13 Å². The molecule has 32 heavy (non-hydrogen) atoms. The number of para-hydroxylation sites is 1. The van der Waals surface area contributed by atoms with E-state index >= 15 is 0 Å². The van der Waals surface area contributed by atoms with Gasteiger partial charge in [0.05, 0.1) is 17.1 Å². The Hall–Kier alpha value is -3.78. The summed E-state index contributed by atoms with van der Waals surface area (Å²) < 4.78 is 1.71. The predicted octanol–water partition coefficient (Wildman–Crippen LogP) is 5.08. The van der Waals surface area contributed by atoms with E-state index in [1.165, 1.54) is 18.3 Å². The molecule has 2 heterocycles. The average Bonchev–Trinajstić information content (AvgIpc) is 3.37. The molecule has 2 aromatic heterocycles. The zero-order valence-electron chi connectivity index (χ0n) is 17.4. The van der Waals surface area contributed by atoms with Crippen molar-refractivity contribution in [1.29, 1.82) is 0 Å². The Morgan fingerprint density at radius 1 is 1.03 bits per heavy atom. The lowest BCUT2D eigenvalue weighted by molar-refractivity contribution is -0.114. The van der Waals surface area contributed by atoms with Crippen LogP contribution in [0.3, 0.4) is 0 Å². The molecule has 1 aliphatic rings. The highest BCUT2D eigenvalue weighted by Gasteiger charge is 2.29. The lowest BCUT2D eigenvalue weighted by Gasteiger charge is -2.06. The van der Waals surface area contributed by atoms with Crippen LogP contribution >= 0.6 is 11.3 Å². The van der Waals surface area contributed by atoms with Crippen LogP contribution in [0.1, 0.15) is 41.9 Å². The summed E-state index contributed by atoms with van der Waals surface area (Å²) in [6, 6.07) is 19.0. The van der Waals surface area contributed by atoms with Crippen LogP contribution < -0.4 is 10.6 Å². The first kappa shape index (κ1) is 20.1. The monoisotopic (exact) mass is 443 g/mol. The Morgan fingerprint density at radius 2 is 1.78 bits per heavy atom. The summed E-state index contributed by atoms with van der Waals surface area (Å²) in [5, 5.41) is 12.8. The van der Waals surface area contributed by atoms with Crippen molar-refractivity contribution in [3.05, 3.63) is 77.4 Å². The third-order valence-electron chi connectivity index (χ3n) is 5.18. The van der Waals surface area contributed by atoms with Crippen LogP contribution in [0.4, 0.5) is 10.8 Å².